The van der Waals surface area contributed by atoms with Gasteiger partial charge >= 0.3 is 6.09 Å². The molecule has 2 N–H and O–H groups in total. The van der Waals surface area contributed by atoms with E-state index in [1.54, 1.807) is 20.8 Å². The van der Waals surface area contributed by atoms with Crippen LogP contribution in [-0.2, 0) is 9.53 Å². The third-order valence-electron chi connectivity index (χ3n) is 2.31. The van der Waals surface area contributed by atoms with Crippen molar-refractivity contribution in [1.29, 1.82) is 0 Å². The monoisotopic (exact) mass is 272 g/mol. The van der Waals surface area contributed by atoms with Crippen molar-refractivity contribution in [2.75, 3.05) is 6.54 Å². The fourth-order valence-electron chi connectivity index (χ4n) is 1.38. The van der Waals surface area contributed by atoms with Gasteiger partial charge in [0, 0.05) is 6.54 Å². The zero-order chi connectivity index (χ0) is 15.2. The van der Waals surface area contributed by atoms with Gasteiger partial charge in [-0.3, -0.25) is 4.79 Å². The lowest BCUT2D eigenvalue weighted by Crippen LogP contribution is -2.51. The Morgan fingerprint density at radius 1 is 1.11 bits per heavy atom. The standard InChI is InChI=1S/C14H28N2O3/c1-9(2)8-15-12(17)11(10(3)4)16-13(18)19-14(5,6)7/h9-11H,8H2,1-7H3,(H,15,17)(H,16,18)/t11-/m0/s1. The van der Waals surface area contributed by atoms with E-state index in [0.717, 1.165) is 0 Å². The van der Waals surface area contributed by atoms with E-state index < -0.39 is 17.7 Å². The molecule has 0 saturated carbocycles. The predicted octanol–water partition coefficient (Wildman–Crippen LogP) is 2.31. The van der Waals surface area contributed by atoms with Crippen LogP contribution in [-0.4, -0.2) is 30.2 Å². The topological polar surface area (TPSA) is 67.4 Å². The molecular weight excluding hydrogens is 244 g/mol. The Morgan fingerprint density at radius 3 is 2.00 bits per heavy atom. The van der Waals surface area contributed by atoms with E-state index in [2.05, 4.69) is 10.6 Å². The first-order chi connectivity index (χ1) is 8.53. The van der Waals surface area contributed by atoms with Crippen molar-refractivity contribution in [3.63, 3.8) is 0 Å². The predicted molar refractivity (Wildman–Crippen MR) is 75.8 cm³/mol. The molecule has 0 aromatic heterocycles. The third kappa shape index (κ3) is 8.46. The number of ether oxygens (including phenoxy) is 1. The molecule has 0 aromatic rings. The normalized spacial score (nSPS) is 13.3. The van der Waals surface area contributed by atoms with Gasteiger partial charge in [0.25, 0.3) is 0 Å². The van der Waals surface area contributed by atoms with Gasteiger partial charge in [0.05, 0.1) is 0 Å². The van der Waals surface area contributed by atoms with Gasteiger partial charge in [-0.05, 0) is 32.6 Å². The highest BCUT2D eigenvalue weighted by Crippen LogP contribution is 2.09. The Morgan fingerprint density at radius 2 is 1.63 bits per heavy atom. The van der Waals surface area contributed by atoms with Gasteiger partial charge < -0.3 is 15.4 Å². The Labute approximate surface area is 116 Å². The number of alkyl carbamates (subject to hydrolysis) is 1. The van der Waals surface area contributed by atoms with Crippen LogP contribution in [0.2, 0.25) is 0 Å². The summed E-state index contributed by atoms with van der Waals surface area (Å²) >= 11 is 0. The lowest BCUT2D eigenvalue weighted by molar-refractivity contribution is -0.124. The largest absolute Gasteiger partial charge is 0.444 e. The van der Waals surface area contributed by atoms with Crippen LogP contribution in [0.15, 0.2) is 0 Å². The maximum absolute atomic E-state index is 12.0. The molecule has 0 spiro atoms. The molecule has 0 aliphatic rings. The summed E-state index contributed by atoms with van der Waals surface area (Å²) in [6.07, 6.45) is -0.564. The number of hydrogen-bond donors (Lipinski definition) is 2. The highest BCUT2D eigenvalue weighted by atomic mass is 16.6. The van der Waals surface area contributed by atoms with Crippen LogP contribution >= 0.6 is 0 Å². The van der Waals surface area contributed by atoms with Crippen molar-refractivity contribution in [3.8, 4) is 0 Å². The first kappa shape index (κ1) is 17.7. The van der Waals surface area contributed by atoms with Crippen LogP contribution in [0.4, 0.5) is 4.79 Å². The number of carbonyl (C=O) groups excluding carboxylic acids is 2. The van der Waals surface area contributed by atoms with Crippen LogP contribution in [0, 0.1) is 11.8 Å². The van der Waals surface area contributed by atoms with Crippen molar-refractivity contribution in [2.45, 2.75) is 60.1 Å². The van der Waals surface area contributed by atoms with E-state index in [0.29, 0.717) is 12.5 Å². The summed E-state index contributed by atoms with van der Waals surface area (Å²) in [6, 6.07) is -0.575. The molecule has 1 atom stereocenters. The molecule has 0 aromatic carbocycles. The van der Waals surface area contributed by atoms with E-state index in [-0.39, 0.29) is 11.8 Å². The third-order valence-corrected chi connectivity index (χ3v) is 2.31. The van der Waals surface area contributed by atoms with E-state index in [4.69, 9.17) is 4.74 Å². The van der Waals surface area contributed by atoms with E-state index in [1.165, 1.54) is 0 Å². The van der Waals surface area contributed by atoms with Crippen LogP contribution in [0.5, 0.6) is 0 Å². The molecule has 112 valence electrons. The molecular formula is C14H28N2O3. The summed E-state index contributed by atoms with van der Waals surface area (Å²) in [6.45, 7) is 13.8. The van der Waals surface area contributed by atoms with Crippen LogP contribution in [0.3, 0.4) is 0 Å². The lowest BCUT2D eigenvalue weighted by atomic mass is 10.0. The highest BCUT2D eigenvalue weighted by molar-refractivity contribution is 5.85. The van der Waals surface area contributed by atoms with Gasteiger partial charge in [-0.1, -0.05) is 27.7 Å². The van der Waals surface area contributed by atoms with Crippen molar-refractivity contribution >= 4 is 12.0 Å². The molecule has 0 aliphatic carbocycles. The molecule has 2 amide bonds. The lowest BCUT2D eigenvalue weighted by Gasteiger charge is -2.25. The average Bonchev–Trinajstić information content (AvgIpc) is 2.19. The maximum atomic E-state index is 12.0. The first-order valence-electron chi connectivity index (χ1n) is 6.80. The van der Waals surface area contributed by atoms with E-state index >= 15 is 0 Å². The maximum Gasteiger partial charge on any atom is 0.408 e. The minimum absolute atomic E-state index is 0.000296. The number of rotatable bonds is 5. The number of nitrogens with one attached hydrogen (secondary N) is 2. The first-order valence-corrected chi connectivity index (χ1v) is 6.80. The number of carbonyl (C=O) groups is 2. The fourth-order valence-corrected chi connectivity index (χ4v) is 1.38. The van der Waals surface area contributed by atoms with Crippen LogP contribution in [0.25, 0.3) is 0 Å². The number of hydrogen-bond acceptors (Lipinski definition) is 3. The molecule has 0 radical (unpaired) electrons. The second-order valence-electron chi connectivity index (χ2n) is 6.51. The summed E-state index contributed by atoms with van der Waals surface area (Å²) in [4.78, 5) is 23.7. The Bertz CT molecular complexity index is 306. The van der Waals surface area contributed by atoms with Gasteiger partial charge in [0.1, 0.15) is 11.6 Å². The fraction of sp³-hybridized carbons (Fsp3) is 0.857. The van der Waals surface area contributed by atoms with Crippen molar-refractivity contribution in [2.24, 2.45) is 11.8 Å². The Kier molecular flexibility index (Phi) is 6.87. The summed E-state index contributed by atoms with van der Waals surface area (Å²) in [7, 11) is 0. The van der Waals surface area contributed by atoms with Crippen LogP contribution < -0.4 is 10.6 Å². The molecule has 0 saturated heterocycles. The molecule has 0 heterocycles. The SMILES string of the molecule is CC(C)CNC(=O)[C@@H](NC(=O)OC(C)(C)C)C(C)C. The van der Waals surface area contributed by atoms with Gasteiger partial charge in [0.2, 0.25) is 5.91 Å². The van der Waals surface area contributed by atoms with E-state index in [9.17, 15) is 9.59 Å². The average molecular weight is 272 g/mol. The number of amides is 2. The molecule has 0 fully saturated rings. The quantitative estimate of drug-likeness (QED) is 0.807. The van der Waals surface area contributed by atoms with Crippen LogP contribution in [0.1, 0.15) is 48.5 Å². The van der Waals surface area contributed by atoms with Gasteiger partial charge in [-0.15, -0.1) is 0 Å². The minimum atomic E-state index is -0.575. The zero-order valence-corrected chi connectivity index (χ0v) is 13.2. The van der Waals surface area contributed by atoms with Crippen molar-refractivity contribution < 1.29 is 14.3 Å². The Hall–Kier alpha value is -1.26. The van der Waals surface area contributed by atoms with Gasteiger partial charge in [-0.25, -0.2) is 4.79 Å². The van der Waals surface area contributed by atoms with Crippen molar-refractivity contribution in [3.05, 3.63) is 0 Å². The molecule has 0 aliphatic heterocycles. The second kappa shape index (κ2) is 7.36. The molecule has 0 bridgehead atoms. The summed E-state index contributed by atoms with van der Waals surface area (Å²) in [5.41, 5.74) is -0.569. The highest BCUT2D eigenvalue weighted by Gasteiger charge is 2.26. The zero-order valence-electron chi connectivity index (χ0n) is 13.2. The molecule has 19 heavy (non-hydrogen) atoms. The molecule has 0 rings (SSSR count). The second-order valence-corrected chi connectivity index (χ2v) is 6.51. The van der Waals surface area contributed by atoms with Crippen molar-refractivity contribution in [1.82, 2.24) is 10.6 Å². The molecule has 5 heteroatoms. The summed E-state index contributed by atoms with van der Waals surface area (Å²) in [5, 5.41) is 5.45. The van der Waals surface area contributed by atoms with Gasteiger partial charge in [-0.2, -0.15) is 0 Å². The molecule has 5 nitrogen and oxygen atoms in total. The van der Waals surface area contributed by atoms with E-state index in [1.807, 2.05) is 27.7 Å². The summed E-state index contributed by atoms with van der Waals surface area (Å²) in [5.74, 6) is 0.201. The summed E-state index contributed by atoms with van der Waals surface area (Å²) < 4.78 is 5.16. The Balaban J connectivity index is 4.49. The molecule has 0 unspecified atom stereocenters. The smallest absolute Gasteiger partial charge is 0.408 e. The van der Waals surface area contributed by atoms with Gasteiger partial charge in [0.15, 0.2) is 0 Å². The minimum Gasteiger partial charge on any atom is -0.444 e.